The minimum Gasteiger partial charge on any atom is -0.383 e. The molecule has 0 saturated heterocycles. The van der Waals surface area contributed by atoms with Gasteiger partial charge < -0.3 is 10.6 Å². The van der Waals surface area contributed by atoms with Crippen molar-refractivity contribution in [3.8, 4) is 0 Å². The van der Waals surface area contributed by atoms with E-state index >= 15 is 0 Å². The van der Waals surface area contributed by atoms with Gasteiger partial charge in [0.05, 0.1) is 17.6 Å². The number of pyridine rings is 1. The van der Waals surface area contributed by atoms with Crippen molar-refractivity contribution in [1.29, 1.82) is 0 Å². The second-order valence-corrected chi connectivity index (χ2v) is 6.25. The quantitative estimate of drug-likeness (QED) is 0.631. The molecule has 1 heterocycles. The minimum absolute atomic E-state index is 0.103. The van der Waals surface area contributed by atoms with Gasteiger partial charge in [-0.1, -0.05) is 23.7 Å². The second kappa shape index (κ2) is 8.60. The van der Waals surface area contributed by atoms with Crippen LogP contribution >= 0.6 is 11.6 Å². The molecule has 0 unspecified atom stereocenters. The Morgan fingerprint density at radius 1 is 1.04 bits per heavy atom. The second-order valence-electron chi connectivity index (χ2n) is 5.81. The van der Waals surface area contributed by atoms with Gasteiger partial charge in [0.15, 0.2) is 0 Å². The molecule has 0 bridgehead atoms. The number of amides is 1. The van der Waals surface area contributed by atoms with Crippen LogP contribution in [-0.2, 0) is 6.42 Å². The van der Waals surface area contributed by atoms with E-state index in [1.54, 1.807) is 6.07 Å². The summed E-state index contributed by atoms with van der Waals surface area (Å²) in [5.74, 6) is -2.13. The van der Waals surface area contributed by atoms with Crippen LogP contribution in [-0.4, -0.2) is 17.4 Å². The molecule has 0 atom stereocenters. The average molecular weight is 388 g/mol. The van der Waals surface area contributed by atoms with Crippen molar-refractivity contribution in [3.05, 3.63) is 88.7 Å². The zero-order valence-corrected chi connectivity index (χ0v) is 14.9. The molecule has 1 aromatic heterocycles. The summed E-state index contributed by atoms with van der Waals surface area (Å²) >= 11 is 5.85. The Hall–Kier alpha value is -2.99. The maximum Gasteiger partial charge on any atom is 0.274 e. The molecule has 0 aliphatic heterocycles. The van der Waals surface area contributed by atoms with E-state index in [9.17, 15) is 13.6 Å². The Labute approximate surface area is 160 Å². The molecule has 0 aliphatic rings. The predicted octanol–water partition coefficient (Wildman–Crippen LogP) is 4.92. The molecular weight excluding hydrogens is 372 g/mol. The molecule has 27 heavy (non-hydrogen) atoms. The summed E-state index contributed by atoms with van der Waals surface area (Å²) < 4.78 is 26.5. The lowest BCUT2D eigenvalue weighted by atomic mass is 10.1. The molecule has 4 nitrogen and oxygen atoms in total. The number of benzene rings is 2. The summed E-state index contributed by atoms with van der Waals surface area (Å²) in [6, 6.07) is 13.8. The third-order valence-corrected chi connectivity index (χ3v) is 4.08. The fourth-order valence-corrected chi connectivity index (χ4v) is 2.54. The minimum atomic E-state index is -0.844. The van der Waals surface area contributed by atoms with Crippen molar-refractivity contribution in [2.45, 2.75) is 6.42 Å². The van der Waals surface area contributed by atoms with Gasteiger partial charge in [-0.3, -0.25) is 4.79 Å². The number of hydrogen-bond donors (Lipinski definition) is 2. The van der Waals surface area contributed by atoms with Crippen LogP contribution in [0.4, 0.5) is 20.2 Å². The highest BCUT2D eigenvalue weighted by Crippen LogP contribution is 2.16. The third kappa shape index (κ3) is 5.24. The van der Waals surface area contributed by atoms with E-state index in [4.69, 9.17) is 11.6 Å². The third-order valence-electron chi connectivity index (χ3n) is 3.83. The van der Waals surface area contributed by atoms with E-state index < -0.39 is 17.5 Å². The SMILES string of the molecule is O=C(Nc1ccc(F)cc1F)c1ccc(NCCc2ccc(Cl)cc2)cn1. The van der Waals surface area contributed by atoms with Crippen molar-refractivity contribution < 1.29 is 13.6 Å². The Morgan fingerprint density at radius 2 is 1.81 bits per heavy atom. The number of carbonyl (C=O) groups excluding carboxylic acids is 1. The van der Waals surface area contributed by atoms with Gasteiger partial charge in [-0.2, -0.15) is 0 Å². The molecule has 0 fully saturated rings. The van der Waals surface area contributed by atoms with Crippen molar-refractivity contribution in [3.63, 3.8) is 0 Å². The molecule has 2 N–H and O–H groups in total. The van der Waals surface area contributed by atoms with E-state index in [1.807, 2.05) is 24.3 Å². The fourth-order valence-electron chi connectivity index (χ4n) is 2.41. The van der Waals surface area contributed by atoms with Crippen molar-refractivity contribution in [1.82, 2.24) is 4.98 Å². The first-order valence-electron chi connectivity index (χ1n) is 8.22. The van der Waals surface area contributed by atoms with Gasteiger partial charge in [-0.25, -0.2) is 13.8 Å². The number of anilines is 2. The van der Waals surface area contributed by atoms with Gasteiger partial charge in [0.1, 0.15) is 17.3 Å². The van der Waals surface area contributed by atoms with Gasteiger partial charge in [0, 0.05) is 17.6 Å². The van der Waals surface area contributed by atoms with Crippen LogP contribution in [0.15, 0.2) is 60.8 Å². The molecular formula is C20H16ClF2N3O. The summed E-state index contributed by atoms with van der Waals surface area (Å²) in [7, 11) is 0. The lowest BCUT2D eigenvalue weighted by Crippen LogP contribution is -2.15. The van der Waals surface area contributed by atoms with Crippen molar-refractivity contribution >= 4 is 28.9 Å². The zero-order valence-electron chi connectivity index (χ0n) is 14.2. The van der Waals surface area contributed by atoms with Crippen molar-refractivity contribution in [2.75, 3.05) is 17.2 Å². The average Bonchev–Trinajstić information content (AvgIpc) is 2.66. The number of nitrogens with one attached hydrogen (secondary N) is 2. The van der Waals surface area contributed by atoms with Crippen LogP contribution in [0.5, 0.6) is 0 Å². The highest BCUT2D eigenvalue weighted by Gasteiger charge is 2.11. The largest absolute Gasteiger partial charge is 0.383 e. The highest BCUT2D eigenvalue weighted by molar-refractivity contribution is 6.30. The predicted molar refractivity (Wildman–Crippen MR) is 102 cm³/mol. The summed E-state index contributed by atoms with van der Waals surface area (Å²) in [6.07, 6.45) is 2.33. The van der Waals surface area contributed by atoms with E-state index in [1.165, 1.54) is 12.3 Å². The summed E-state index contributed by atoms with van der Waals surface area (Å²) in [5, 5.41) is 6.28. The lowest BCUT2D eigenvalue weighted by molar-refractivity contribution is 0.102. The van der Waals surface area contributed by atoms with Crippen LogP contribution in [0.2, 0.25) is 5.02 Å². The van der Waals surface area contributed by atoms with Gasteiger partial charge in [-0.05, 0) is 48.4 Å². The van der Waals surface area contributed by atoms with Gasteiger partial charge in [0.2, 0.25) is 0 Å². The maximum atomic E-state index is 13.6. The van der Waals surface area contributed by atoms with E-state index in [0.717, 1.165) is 29.8 Å². The fraction of sp³-hybridized carbons (Fsp3) is 0.100. The Balaban J connectivity index is 1.54. The van der Waals surface area contributed by atoms with Crippen LogP contribution in [0.1, 0.15) is 16.1 Å². The number of hydrogen-bond acceptors (Lipinski definition) is 3. The first-order valence-corrected chi connectivity index (χ1v) is 8.60. The molecule has 3 rings (SSSR count). The molecule has 2 aromatic carbocycles. The Morgan fingerprint density at radius 3 is 2.48 bits per heavy atom. The number of aromatic nitrogens is 1. The molecule has 0 aliphatic carbocycles. The monoisotopic (exact) mass is 387 g/mol. The summed E-state index contributed by atoms with van der Waals surface area (Å²) in [6.45, 7) is 0.690. The Kier molecular flexibility index (Phi) is 5.98. The molecule has 7 heteroatoms. The highest BCUT2D eigenvalue weighted by atomic mass is 35.5. The molecule has 0 saturated carbocycles. The summed E-state index contributed by atoms with van der Waals surface area (Å²) in [4.78, 5) is 16.2. The van der Waals surface area contributed by atoms with Gasteiger partial charge in [0.25, 0.3) is 5.91 Å². The van der Waals surface area contributed by atoms with E-state index in [-0.39, 0.29) is 11.4 Å². The Bertz CT molecular complexity index is 931. The van der Waals surface area contributed by atoms with Crippen LogP contribution in [0.25, 0.3) is 0 Å². The number of carbonyl (C=O) groups is 1. The zero-order chi connectivity index (χ0) is 19.2. The van der Waals surface area contributed by atoms with E-state index in [0.29, 0.717) is 17.6 Å². The normalized spacial score (nSPS) is 10.5. The molecule has 138 valence electrons. The van der Waals surface area contributed by atoms with Crippen molar-refractivity contribution in [2.24, 2.45) is 0 Å². The number of halogens is 3. The van der Waals surface area contributed by atoms with E-state index in [2.05, 4.69) is 15.6 Å². The summed E-state index contributed by atoms with van der Waals surface area (Å²) in [5.41, 5.74) is 1.93. The smallest absolute Gasteiger partial charge is 0.274 e. The molecule has 0 spiro atoms. The first-order chi connectivity index (χ1) is 13.0. The van der Waals surface area contributed by atoms with Gasteiger partial charge in [-0.15, -0.1) is 0 Å². The first kappa shape index (κ1) is 18.8. The number of nitrogens with zero attached hydrogens (tertiary/aromatic N) is 1. The maximum absolute atomic E-state index is 13.6. The number of rotatable bonds is 6. The van der Waals surface area contributed by atoms with Crippen LogP contribution in [0, 0.1) is 11.6 Å². The topological polar surface area (TPSA) is 54.0 Å². The van der Waals surface area contributed by atoms with Crippen LogP contribution < -0.4 is 10.6 Å². The molecule has 0 radical (unpaired) electrons. The van der Waals surface area contributed by atoms with Crippen LogP contribution in [0.3, 0.4) is 0 Å². The standard InChI is InChI=1S/C20H16ClF2N3O/c21-14-3-1-13(2-4-14)9-10-24-16-6-8-19(25-12-16)20(27)26-18-7-5-15(22)11-17(18)23/h1-8,11-12,24H,9-10H2,(H,26,27). The van der Waals surface area contributed by atoms with Gasteiger partial charge >= 0.3 is 0 Å². The molecule has 1 amide bonds. The lowest BCUT2D eigenvalue weighted by Gasteiger charge is -2.08. The molecule has 3 aromatic rings.